The number of cyclic esters (lactones) is 1. The van der Waals surface area contributed by atoms with Crippen molar-refractivity contribution in [3.8, 4) is 0 Å². The smallest absolute Gasteiger partial charge is 0.329 e. The van der Waals surface area contributed by atoms with Crippen molar-refractivity contribution in [1.29, 1.82) is 0 Å². The first-order valence-corrected chi connectivity index (χ1v) is 24.1. The van der Waals surface area contributed by atoms with Gasteiger partial charge in [-0.05, 0) is 107 Å². The zero-order chi connectivity index (χ0) is 48.2. The van der Waals surface area contributed by atoms with Crippen molar-refractivity contribution in [1.82, 2.24) is 4.90 Å². The molecule has 14 heteroatoms. The zero-order valence-electron chi connectivity index (χ0n) is 40.7. The second kappa shape index (κ2) is 25.3. The van der Waals surface area contributed by atoms with Crippen LogP contribution in [0.5, 0.6) is 0 Å². The number of piperidine rings is 1. The molecule has 3 heterocycles. The van der Waals surface area contributed by atoms with Crippen LogP contribution in [0.15, 0.2) is 47.6 Å². The second-order valence-electron chi connectivity index (χ2n) is 19.8. The second-order valence-corrected chi connectivity index (χ2v) is 19.8. The molecule has 2 bridgehead atoms. The van der Waals surface area contributed by atoms with Gasteiger partial charge in [0.2, 0.25) is 5.79 Å². The number of nitrogens with zero attached hydrogens (tertiary/aromatic N) is 1. The van der Waals surface area contributed by atoms with Crippen LogP contribution in [0.2, 0.25) is 0 Å². The van der Waals surface area contributed by atoms with Crippen molar-refractivity contribution >= 4 is 23.4 Å². The molecular formula is C51H81NO13. The van der Waals surface area contributed by atoms with Gasteiger partial charge in [0, 0.05) is 58.5 Å². The van der Waals surface area contributed by atoms with Gasteiger partial charge in [-0.1, -0.05) is 71.1 Å². The molecule has 4 N–H and O–H groups in total. The third-order valence-corrected chi connectivity index (χ3v) is 14.7. The number of rotatable bonds is 6. The molecule has 65 heavy (non-hydrogen) atoms. The predicted octanol–water partition coefficient (Wildman–Crippen LogP) is 5.97. The third-order valence-electron chi connectivity index (χ3n) is 14.7. The highest BCUT2D eigenvalue weighted by Crippen LogP contribution is 2.39. The topological polar surface area (TPSA) is 199 Å². The zero-order valence-corrected chi connectivity index (χ0v) is 40.7. The first-order valence-electron chi connectivity index (χ1n) is 24.1. The number of hydrogen-bond donors (Lipinski definition) is 4. The number of ether oxygens (including phenoxy) is 5. The van der Waals surface area contributed by atoms with E-state index in [9.17, 15) is 39.6 Å². The summed E-state index contributed by atoms with van der Waals surface area (Å²) in [5.74, 6) is -6.20. The number of fused-ring (bicyclic) bond motifs is 3. The lowest BCUT2D eigenvalue weighted by Crippen LogP contribution is -2.63. The van der Waals surface area contributed by atoms with Gasteiger partial charge in [0.05, 0.1) is 30.5 Å². The molecule has 14 nitrogen and oxygen atoms in total. The molecule has 4 aliphatic rings. The van der Waals surface area contributed by atoms with E-state index in [2.05, 4.69) is 0 Å². The summed E-state index contributed by atoms with van der Waals surface area (Å²) >= 11 is 0. The van der Waals surface area contributed by atoms with Gasteiger partial charge in [0.1, 0.15) is 18.2 Å². The number of esters is 1. The molecule has 0 spiro atoms. The molecule has 2 saturated heterocycles. The van der Waals surface area contributed by atoms with Crippen molar-refractivity contribution < 1.29 is 63.3 Å². The Morgan fingerprint density at radius 3 is 2.26 bits per heavy atom. The van der Waals surface area contributed by atoms with Gasteiger partial charge in [-0.25, -0.2) is 4.79 Å². The fraction of sp³-hybridized carbons (Fsp3) is 0.765. The first kappa shape index (κ1) is 54.5. The number of aliphatic hydroxyl groups excluding tert-OH is 3. The fourth-order valence-electron chi connectivity index (χ4n) is 10.3. The third kappa shape index (κ3) is 14.5. The summed E-state index contributed by atoms with van der Waals surface area (Å²) in [6.07, 6.45) is 9.77. The minimum Gasteiger partial charge on any atom is -0.460 e. The van der Waals surface area contributed by atoms with Gasteiger partial charge >= 0.3 is 5.97 Å². The Kier molecular flexibility index (Phi) is 21.3. The van der Waals surface area contributed by atoms with Crippen molar-refractivity contribution in [3.63, 3.8) is 0 Å². The van der Waals surface area contributed by atoms with Crippen LogP contribution in [0.1, 0.15) is 126 Å². The molecule has 0 aromatic heterocycles. The average Bonchev–Trinajstić information content (AvgIpc) is 3.28. The monoisotopic (exact) mass is 916 g/mol. The number of Topliss-reactive ketones (excluding diaryl/α,β-unsaturated/α-hetero) is 2. The van der Waals surface area contributed by atoms with Crippen LogP contribution < -0.4 is 0 Å². The molecule has 0 aromatic rings. The van der Waals surface area contributed by atoms with Crippen LogP contribution in [0.25, 0.3) is 0 Å². The highest BCUT2D eigenvalue weighted by Gasteiger charge is 2.53. The quantitative estimate of drug-likeness (QED) is 0.228. The van der Waals surface area contributed by atoms with Gasteiger partial charge in [-0.15, -0.1) is 0 Å². The molecule has 3 fully saturated rings. The standard InChI is InChI=1S/C51H81NO13/c1-30-16-12-11-13-17-31(2)42(61-8)28-38-21-19-36(7)51(60,65-38)48(57)49(58)52-23-15-14-18-39(52)50(59)64-43(33(4)26-37-20-22-40(53)44(27-37)62-9)29-41(54)32(3)25-35(6)46(56)47(63-10)45(55)34(5)24-30/h11-13,16-17,25,30,33-40,42-44,46-48,53,56-57,60H,14-15,18-24,26-29H2,1-10H3/t30-,33-,34?,35?,36?,37?,38+,39?,40-,42+,43+,44?,46?,47+,48-,51?/m1/s1. The van der Waals surface area contributed by atoms with E-state index in [1.165, 1.54) is 12.0 Å². The van der Waals surface area contributed by atoms with E-state index in [1.54, 1.807) is 41.1 Å². The lowest BCUT2D eigenvalue weighted by atomic mass is 9.78. The van der Waals surface area contributed by atoms with Crippen LogP contribution in [0, 0.1) is 35.5 Å². The molecular weight excluding hydrogens is 835 g/mol. The molecule has 1 aliphatic carbocycles. The van der Waals surface area contributed by atoms with Gasteiger partial charge in [0.15, 0.2) is 17.7 Å². The summed E-state index contributed by atoms with van der Waals surface area (Å²) in [5.41, 5.74) is 1.23. The van der Waals surface area contributed by atoms with E-state index in [4.69, 9.17) is 23.7 Å². The number of amides is 1. The summed E-state index contributed by atoms with van der Waals surface area (Å²) in [4.78, 5) is 57.8. The normalized spacial score (nSPS) is 39.0. The van der Waals surface area contributed by atoms with Crippen molar-refractivity contribution in [3.05, 3.63) is 47.6 Å². The predicted molar refractivity (Wildman–Crippen MR) is 246 cm³/mol. The average molecular weight is 916 g/mol. The van der Waals surface area contributed by atoms with E-state index < -0.39 is 78.1 Å². The minimum absolute atomic E-state index is 0.0291. The first-order chi connectivity index (χ1) is 30.7. The summed E-state index contributed by atoms with van der Waals surface area (Å²) in [5, 5.41) is 45.7. The van der Waals surface area contributed by atoms with Crippen LogP contribution >= 0.6 is 0 Å². The highest BCUT2D eigenvalue weighted by molar-refractivity contribution is 5.95. The molecule has 1 amide bonds. The lowest BCUT2D eigenvalue weighted by Gasteiger charge is -2.46. The largest absolute Gasteiger partial charge is 0.460 e. The number of allylic oxidation sites excluding steroid dienone is 6. The Balaban J connectivity index is 1.70. The summed E-state index contributed by atoms with van der Waals surface area (Å²) in [6, 6.07) is -1.08. The van der Waals surface area contributed by atoms with Crippen LogP contribution in [0.3, 0.4) is 0 Å². The highest BCUT2D eigenvalue weighted by atomic mass is 16.6. The Morgan fingerprint density at radius 1 is 0.862 bits per heavy atom. The van der Waals surface area contributed by atoms with E-state index >= 15 is 0 Å². The maximum absolute atomic E-state index is 14.4. The molecule has 0 aromatic carbocycles. The Labute approximate surface area is 387 Å². The molecule has 8 unspecified atom stereocenters. The molecule has 4 rings (SSSR count). The number of aliphatic hydroxyl groups is 4. The minimum atomic E-state index is -2.23. The van der Waals surface area contributed by atoms with Crippen LogP contribution in [-0.4, -0.2) is 137 Å². The molecule has 0 radical (unpaired) electrons. The van der Waals surface area contributed by atoms with Gasteiger partial charge in [-0.2, -0.15) is 0 Å². The van der Waals surface area contributed by atoms with Crippen molar-refractivity contribution in [2.24, 2.45) is 35.5 Å². The summed E-state index contributed by atoms with van der Waals surface area (Å²) in [7, 11) is 4.55. The molecule has 3 aliphatic heterocycles. The van der Waals surface area contributed by atoms with E-state index in [0.717, 1.165) is 12.0 Å². The number of hydrogen-bond acceptors (Lipinski definition) is 13. The number of methoxy groups -OCH3 is 3. The number of carbonyl (C=O) groups excluding carboxylic acids is 4. The number of carbonyl (C=O) groups is 4. The molecule has 368 valence electrons. The SMILES string of the molecule is COC1CC(C[C@@H](C)[C@@H]2CC(=O)C(C)=CC(C)C(O)[C@@H](OC)C(=O)C(C)C[C@H](C)C=CC=CC=C(C)[C@@H](OC)C[C@@H]3CCC(C)C(O)(O3)[C@H](O)C(=O)N3CCCCC3C(=O)O2)CC[C@H]1O. The maximum atomic E-state index is 14.4. The Hall–Kier alpha value is -3.08. The van der Waals surface area contributed by atoms with E-state index in [-0.39, 0.29) is 60.9 Å². The van der Waals surface area contributed by atoms with E-state index in [0.29, 0.717) is 63.4 Å². The Bertz CT molecular complexity index is 1710. The van der Waals surface area contributed by atoms with Crippen molar-refractivity contribution in [2.75, 3.05) is 27.9 Å². The van der Waals surface area contributed by atoms with Gasteiger partial charge in [-0.3, -0.25) is 14.4 Å². The summed E-state index contributed by atoms with van der Waals surface area (Å²) in [6.45, 7) is 12.9. The Morgan fingerprint density at radius 2 is 1.58 bits per heavy atom. The fourth-order valence-corrected chi connectivity index (χ4v) is 10.3. The number of ketones is 2. The van der Waals surface area contributed by atoms with Crippen molar-refractivity contribution in [2.45, 2.75) is 186 Å². The summed E-state index contributed by atoms with van der Waals surface area (Å²) < 4.78 is 29.5. The maximum Gasteiger partial charge on any atom is 0.329 e. The van der Waals surface area contributed by atoms with Crippen LogP contribution in [0.4, 0.5) is 0 Å². The van der Waals surface area contributed by atoms with Crippen LogP contribution in [-0.2, 0) is 42.9 Å². The molecule has 16 atom stereocenters. The van der Waals surface area contributed by atoms with Gasteiger partial charge < -0.3 is 49.0 Å². The van der Waals surface area contributed by atoms with Gasteiger partial charge in [0.25, 0.3) is 5.91 Å². The lowest BCUT2D eigenvalue weighted by molar-refractivity contribution is -0.317. The van der Waals surface area contributed by atoms with E-state index in [1.807, 2.05) is 58.1 Å². The molecule has 1 saturated carbocycles.